The van der Waals surface area contributed by atoms with Crippen molar-refractivity contribution in [1.82, 2.24) is 4.98 Å². The number of H-pyrrole nitrogens is 1. The van der Waals surface area contributed by atoms with Gasteiger partial charge in [0.1, 0.15) is 0 Å². The van der Waals surface area contributed by atoms with Gasteiger partial charge in [0.05, 0.1) is 22.2 Å². The molecule has 0 spiro atoms. The Morgan fingerprint density at radius 1 is 1.17 bits per heavy atom. The molecule has 10 heteroatoms. The molecule has 2 heterocycles. The van der Waals surface area contributed by atoms with Gasteiger partial charge < -0.3 is 10.8 Å². The van der Waals surface area contributed by atoms with Crippen molar-refractivity contribution in [3.05, 3.63) is 41.2 Å². The van der Waals surface area contributed by atoms with Crippen LogP contribution in [0, 0.1) is 15.7 Å². The fourth-order valence-corrected chi connectivity index (χ4v) is 4.31. The zero-order valence-corrected chi connectivity index (χ0v) is 18.0. The van der Waals surface area contributed by atoms with Gasteiger partial charge >= 0.3 is 0 Å². The Morgan fingerprint density at radius 3 is 2.40 bits per heavy atom. The summed E-state index contributed by atoms with van der Waals surface area (Å²) in [5.41, 5.74) is 6.69. The van der Waals surface area contributed by atoms with Crippen molar-refractivity contribution in [2.24, 2.45) is 16.4 Å². The fourth-order valence-electron chi connectivity index (χ4n) is 4.31. The van der Waals surface area contributed by atoms with Gasteiger partial charge in [-0.05, 0) is 24.3 Å². The van der Waals surface area contributed by atoms with Crippen molar-refractivity contribution in [1.29, 1.82) is 0 Å². The number of nitrogens with zero attached hydrogens (tertiary/aromatic N) is 2. The molecule has 0 radical (unpaired) electrons. The average Bonchev–Trinajstić information content (AvgIpc) is 3.01. The maximum atomic E-state index is 8.49. The van der Waals surface area contributed by atoms with Crippen LogP contribution < -0.4 is 35.0 Å². The molecule has 0 aliphatic heterocycles. The number of aromatic amines is 1. The summed E-state index contributed by atoms with van der Waals surface area (Å²) in [6.45, 7) is 6.68. The van der Waals surface area contributed by atoms with E-state index in [1.807, 2.05) is 4.68 Å². The molecule has 3 aromatic rings. The van der Waals surface area contributed by atoms with E-state index in [-0.39, 0.29) is 5.41 Å². The van der Waals surface area contributed by atoms with Crippen LogP contribution in [0.1, 0.15) is 50.6 Å². The maximum absolute atomic E-state index is 8.49. The second kappa shape index (κ2) is 8.01. The van der Waals surface area contributed by atoms with Crippen molar-refractivity contribution >= 4 is 27.5 Å². The number of halogens is 1. The van der Waals surface area contributed by atoms with E-state index in [2.05, 4.69) is 55.1 Å². The molecule has 0 fully saturated rings. The number of nitrogen functional groups attached to an aromatic ring is 1. The molecule has 5 N–H and O–H groups in total. The molecule has 2 aromatic heterocycles. The lowest BCUT2D eigenvalue weighted by Crippen LogP contribution is -2.68. The van der Waals surface area contributed by atoms with E-state index in [0.29, 0.717) is 0 Å². The molecule has 0 saturated carbocycles. The summed E-state index contributed by atoms with van der Waals surface area (Å²) >= 11 is 0. The van der Waals surface area contributed by atoms with Crippen molar-refractivity contribution in [2.45, 2.75) is 46.5 Å². The number of aromatic nitrogens is 2. The van der Waals surface area contributed by atoms with Crippen LogP contribution in [-0.4, -0.2) is 10.7 Å². The SMILES string of the molecule is CCCc1c2c([nH]c3ccccc32)c2c([n+]1N)CC(C)(C)C/C2=N\N.[O-][Cl+3]([O-])([O-])[O-]. The largest absolute Gasteiger partial charge is 0.354 e. The maximum Gasteiger partial charge on any atom is 0.223 e. The van der Waals surface area contributed by atoms with Crippen molar-refractivity contribution in [3.8, 4) is 0 Å². The summed E-state index contributed by atoms with van der Waals surface area (Å²) in [5, 5.41) is 6.57. The molecular formula is C20H26ClN5O4. The number of nitrogens with one attached hydrogen (secondary N) is 1. The van der Waals surface area contributed by atoms with Crippen molar-refractivity contribution in [2.75, 3.05) is 5.84 Å². The highest BCUT2D eigenvalue weighted by atomic mass is 35.7. The Labute approximate surface area is 176 Å². The van der Waals surface area contributed by atoms with E-state index in [1.54, 1.807) is 0 Å². The molecule has 1 aliphatic rings. The van der Waals surface area contributed by atoms with Crippen LogP contribution in [0.25, 0.3) is 21.8 Å². The fraction of sp³-hybridized carbons (Fsp3) is 0.400. The quantitative estimate of drug-likeness (QED) is 0.242. The summed E-state index contributed by atoms with van der Waals surface area (Å²) in [4.78, 5) is 3.62. The smallest absolute Gasteiger partial charge is 0.223 e. The van der Waals surface area contributed by atoms with Gasteiger partial charge in [-0.15, -0.1) is 10.2 Å². The number of hydrazone groups is 1. The minimum atomic E-state index is -4.94. The number of benzene rings is 1. The summed E-state index contributed by atoms with van der Waals surface area (Å²) in [6, 6.07) is 8.41. The monoisotopic (exact) mass is 435 g/mol. The standard InChI is InChI=1S/C20H25N5.ClHO4/c1-4-7-15-17-12-8-5-6-9-13(12)23-19(17)18-14(24-21)10-20(2,3)11-16(18)25(15)22;2-1(3,4)5/h5-6,8-9H,4,7,10-11,21-22H2,1-3H3;(H,2,3,4,5)/b24-14+;. The van der Waals surface area contributed by atoms with Gasteiger partial charge in [-0.3, -0.25) is 0 Å². The summed E-state index contributed by atoms with van der Waals surface area (Å²) in [7, 11) is -4.94. The molecule has 4 rings (SSSR count). The summed E-state index contributed by atoms with van der Waals surface area (Å²) in [5.74, 6) is 12.4. The highest BCUT2D eigenvalue weighted by Gasteiger charge is 2.39. The van der Waals surface area contributed by atoms with E-state index in [0.717, 1.165) is 53.7 Å². The third-order valence-electron chi connectivity index (χ3n) is 5.34. The highest BCUT2D eigenvalue weighted by molar-refractivity contribution is 6.18. The molecule has 9 nitrogen and oxygen atoms in total. The van der Waals surface area contributed by atoms with E-state index < -0.39 is 10.2 Å². The van der Waals surface area contributed by atoms with Gasteiger partial charge in [0, 0.05) is 23.7 Å². The average molecular weight is 436 g/mol. The molecule has 0 unspecified atom stereocenters. The first kappa shape index (κ1) is 22.3. The van der Waals surface area contributed by atoms with Gasteiger partial charge in [0.25, 0.3) is 0 Å². The molecule has 162 valence electrons. The number of para-hydroxylation sites is 1. The number of pyridine rings is 1. The minimum Gasteiger partial charge on any atom is -0.354 e. The van der Waals surface area contributed by atoms with Crippen LogP contribution in [0.15, 0.2) is 29.4 Å². The van der Waals surface area contributed by atoms with Crippen LogP contribution in [0.5, 0.6) is 0 Å². The molecule has 0 bridgehead atoms. The number of hydrogen-bond donors (Lipinski definition) is 3. The first-order valence-electron chi connectivity index (χ1n) is 9.61. The molecule has 30 heavy (non-hydrogen) atoms. The lowest BCUT2D eigenvalue weighted by Gasteiger charge is -2.30. The molecule has 1 aromatic carbocycles. The lowest BCUT2D eigenvalue weighted by molar-refractivity contribution is -2.00. The molecule has 0 saturated heterocycles. The van der Waals surface area contributed by atoms with Crippen LogP contribution >= 0.6 is 0 Å². The highest BCUT2D eigenvalue weighted by Crippen LogP contribution is 2.39. The number of nitrogens with two attached hydrogens (primary N) is 2. The minimum absolute atomic E-state index is 0.0928. The molecule has 1 aliphatic carbocycles. The first-order chi connectivity index (χ1) is 14.0. The van der Waals surface area contributed by atoms with E-state index in [9.17, 15) is 0 Å². The third-order valence-corrected chi connectivity index (χ3v) is 5.34. The van der Waals surface area contributed by atoms with Crippen molar-refractivity contribution in [3.63, 3.8) is 0 Å². The molecular weight excluding hydrogens is 410 g/mol. The second-order valence-corrected chi connectivity index (χ2v) is 9.04. The number of aryl methyl sites for hydroxylation is 1. The Hall–Kier alpha value is -2.43. The Kier molecular flexibility index (Phi) is 5.94. The van der Waals surface area contributed by atoms with Crippen LogP contribution in [0.3, 0.4) is 0 Å². The van der Waals surface area contributed by atoms with E-state index in [1.165, 1.54) is 16.5 Å². The molecule has 0 atom stereocenters. The molecule has 0 amide bonds. The normalized spacial score (nSPS) is 17.1. The summed E-state index contributed by atoms with van der Waals surface area (Å²) in [6.07, 6.45) is 3.76. The zero-order valence-electron chi connectivity index (χ0n) is 17.2. The third kappa shape index (κ3) is 4.35. The zero-order chi connectivity index (χ0) is 22.3. The Balaban J connectivity index is 0.000000461. The lowest BCUT2D eigenvalue weighted by atomic mass is 9.74. The van der Waals surface area contributed by atoms with E-state index >= 15 is 0 Å². The number of hydrogen-bond acceptors (Lipinski definition) is 7. The van der Waals surface area contributed by atoms with Crippen LogP contribution in [0.2, 0.25) is 0 Å². The van der Waals surface area contributed by atoms with E-state index in [4.69, 9.17) is 30.3 Å². The first-order valence-corrected chi connectivity index (χ1v) is 10.8. The van der Waals surface area contributed by atoms with Gasteiger partial charge in [-0.25, -0.2) is 24.5 Å². The number of rotatable bonds is 2. The van der Waals surface area contributed by atoms with Gasteiger partial charge in [-0.1, -0.05) is 43.6 Å². The predicted molar refractivity (Wildman–Crippen MR) is 103 cm³/mol. The van der Waals surface area contributed by atoms with Gasteiger partial charge in [0.2, 0.25) is 11.4 Å². The van der Waals surface area contributed by atoms with Gasteiger partial charge in [0.15, 0.2) is 0 Å². The predicted octanol–water partition coefficient (Wildman–Crippen LogP) is -1.85. The number of fused-ring (bicyclic) bond motifs is 5. The van der Waals surface area contributed by atoms with Crippen LogP contribution in [0.4, 0.5) is 0 Å². The Bertz CT molecular complexity index is 1110. The topological polar surface area (TPSA) is 176 Å². The second-order valence-electron chi connectivity index (χ2n) is 8.28. The Morgan fingerprint density at radius 2 is 1.80 bits per heavy atom. The summed E-state index contributed by atoms with van der Waals surface area (Å²) < 4.78 is 35.9. The van der Waals surface area contributed by atoms with Gasteiger partial charge in [-0.2, -0.15) is 5.10 Å². The van der Waals surface area contributed by atoms with Crippen LogP contribution in [-0.2, 0) is 12.8 Å². The van der Waals surface area contributed by atoms with Crippen molar-refractivity contribution < 1.29 is 33.6 Å².